The number of aromatic nitrogens is 1. The number of ether oxygens (including phenoxy) is 2. The maximum absolute atomic E-state index is 15.1. The number of likely N-dealkylation sites (tertiary alicyclic amines) is 1. The number of aliphatic carboxylic acids is 2. The zero-order valence-electron chi connectivity index (χ0n) is 38.5. The Kier molecular flexibility index (Phi) is 23.2. The fraction of sp³-hybridized carbons (Fsp3) is 0.500. The smallest absolute Gasteiger partial charge is 0.480 e. The van der Waals surface area contributed by atoms with Gasteiger partial charge in [-0.15, -0.1) is 11.8 Å². The first kappa shape index (κ1) is 57.4. The largest absolute Gasteiger partial charge is 0.490 e. The van der Waals surface area contributed by atoms with Crippen molar-refractivity contribution < 1.29 is 75.2 Å². The van der Waals surface area contributed by atoms with Crippen LogP contribution in [0.4, 0.5) is 22.0 Å². The number of nitrogens with two attached hydrogens (primary N) is 1. The second-order valence-corrected chi connectivity index (χ2v) is 17.7. The van der Waals surface area contributed by atoms with Crippen LogP contribution in [-0.2, 0) is 49.6 Å². The van der Waals surface area contributed by atoms with Gasteiger partial charge in [0, 0.05) is 80.6 Å². The van der Waals surface area contributed by atoms with Crippen LogP contribution in [-0.4, -0.2) is 142 Å². The third kappa shape index (κ3) is 19.5. The van der Waals surface area contributed by atoms with Crippen molar-refractivity contribution in [3.8, 4) is 11.1 Å². The second-order valence-electron chi connectivity index (χ2n) is 16.7. The molecular weight excluding hydrogens is 940 g/mol. The molecule has 69 heavy (non-hydrogen) atoms. The first-order valence-electron chi connectivity index (χ1n) is 21.9. The van der Waals surface area contributed by atoms with E-state index in [-0.39, 0.29) is 112 Å². The molecule has 23 heteroatoms. The number of alkyl halides is 3. The maximum atomic E-state index is 15.1. The molecule has 0 saturated carbocycles. The average Bonchev–Trinajstić information content (AvgIpc) is 3.83. The Hall–Kier alpha value is -5.91. The van der Waals surface area contributed by atoms with Gasteiger partial charge in [0.1, 0.15) is 17.7 Å². The molecule has 17 nitrogen and oxygen atoms in total. The van der Waals surface area contributed by atoms with Crippen LogP contribution < -0.4 is 16.4 Å². The van der Waals surface area contributed by atoms with E-state index in [1.807, 2.05) is 55.7 Å². The number of imide groups is 1. The number of hydrogen-bond donors (Lipinski definition) is 5. The fourth-order valence-electron chi connectivity index (χ4n) is 6.98. The molecule has 1 aliphatic heterocycles. The van der Waals surface area contributed by atoms with Crippen molar-refractivity contribution in [3.63, 3.8) is 0 Å². The lowest BCUT2D eigenvalue weighted by Gasteiger charge is -2.41. The topological polar surface area (TPSA) is 240 Å². The number of hydrogen-bond acceptors (Lipinski definition) is 11. The van der Waals surface area contributed by atoms with Gasteiger partial charge in [-0.05, 0) is 48.2 Å². The summed E-state index contributed by atoms with van der Waals surface area (Å²) in [7, 11) is 0. The van der Waals surface area contributed by atoms with E-state index in [0.29, 0.717) is 30.8 Å². The molecule has 2 atom stereocenters. The summed E-state index contributed by atoms with van der Waals surface area (Å²) < 4.78 is 74.0. The summed E-state index contributed by atoms with van der Waals surface area (Å²) in [5.41, 5.74) is 7.56. The van der Waals surface area contributed by atoms with Crippen LogP contribution in [0, 0.1) is 17.0 Å². The van der Waals surface area contributed by atoms with Gasteiger partial charge < -0.3 is 45.5 Å². The number of carbonyl (C=O) groups is 7. The molecule has 3 aromatic rings. The fourth-order valence-corrected chi connectivity index (χ4v) is 7.90. The Bertz CT molecular complexity index is 2190. The quantitative estimate of drug-likeness (QED) is 0.0415. The van der Waals surface area contributed by atoms with Crippen LogP contribution in [0.25, 0.3) is 11.1 Å². The third-order valence-electron chi connectivity index (χ3n) is 10.2. The Balaban J connectivity index is 0.00000167. The van der Waals surface area contributed by atoms with Crippen LogP contribution in [0.5, 0.6) is 0 Å². The number of carboxylic acids is 2. The predicted molar refractivity (Wildman–Crippen MR) is 243 cm³/mol. The van der Waals surface area contributed by atoms with Crippen LogP contribution in [0.2, 0.25) is 0 Å². The Morgan fingerprint density at radius 1 is 0.884 bits per heavy atom. The summed E-state index contributed by atoms with van der Waals surface area (Å²) in [5, 5.41) is 22.2. The SMILES string of the molecule is CC(C)(C)C(c1cc(-c2cc(F)ccc2F)cn1Cc1ccccc1)N(CCCN)C(=O)CSCC(NC(=O)CCOCCOCCNC(=O)CCN1C(=O)CCC1=O)C(=O)O.O=C(O)C(F)(F)F. The Morgan fingerprint density at radius 2 is 1.52 bits per heavy atom. The number of carbonyl (C=O) groups excluding carboxylic acids is 5. The molecule has 2 unspecified atom stereocenters. The molecule has 380 valence electrons. The summed E-state index contributed by atoms with van der Waals surface area (Å²) in [5.74, 6) is -7.08. The number of benzene rings is 2. The number of halogens is 5. The lowest BCUT2D eigenvalue weighted by Crippen LogP contribution is -2.45. The first-order chi connectivity index (χ1) is 32.5. The number of carboxylic acid groups (broad SMARTS) is 2. The Morgan fingerprint density at radius 3 is 2.12 bits per heavy atom. The van der Waals surface area contributed by atoms with Gasteiger partial charge in [0.15, 0.2) is 0 Å². The lowest BCUT2D eigenvalue weighted by atomic mass is 9.83. The molecule has 1 aromatic heterocycles. The minimum Gasteiger partial charge on any atom is -0.480 e. The highest BCUT2D eigenvalue weighted by molar-refractivity contribution is 8.00. The summed E-state index contributed by atoms with van der Waals surface area (Å²) >= 11 is 1.07. The van der Waals surface area contributed by atoms with E-state index >= 15 is 4.39 Å². The van der Waals surface area contributed by atoms with E-state index in [1.165, 1.54) is 0 Å². The first-order valence-corrected chi connectivity index (χ1v) is 23.0. The molecule has 2 aromatic carbocycles. The molecule has 0 aliphatic carbocycles. The molecule has 0 radical (unpaired) electrons. The highest BCUT2D eigenvalue weighted by Crippen LogP contribution is 2.41. The van der Waals surface area contributed by atoms with Crippen molar-refractivity contribution in [3.05, 3.63) is 83.7 Å². The van der Waals surface area contributed by atoms with Gasteiger partial charge in [0.2, 0.25) is 29.5 Å². The van der Waals surface area contributed by atoms with Gasteiger partial charge >= 0.3 is 18.1 Å². The molecule has 6 N–H and O–H groups in total. The zero-order chi connectivity index (χ0) is 51.3. The summed E-state index contributed by atoms with van der Waals surface area (Å²) in [6.45, 7) is 7.73. The van der Waals surface area contributed by atoms with E-state index in [9.17, 15) is 51.4 Å². The average molecular weight is 999 g/mol. The third-order valence-corrected chi connectivity index (χ3v) is 11.2. The molecule has 2 heterocycles. The molecule has 1 saturated heterocycles. The van der Waals surface area contributed by atoms with Gasteiger partial charge in [-0.1, -0.05) is 51.1 Å². The summed E-state index contributed by atoms with van der Waals surface area (Å²) in [4.78, 5) is 85.9. The predicted octanol–water partition coefficient (Wildman–Crippen LogP) is 4.76. The van der Waals surface area contributed by atoms with E-state index in [0.717, 1.165) is 40.4 Å². The van der Waals surface area contributed by atoms with Gasteiger partial charge in [0.05, 0.1) is 38.2 Å². The Labute approximate surface area is 400 Å². The minimum atomic E-state index is -5.08. The summed E-state index contributed by atoms with van der Waals surface area (Å²) in [6.07, 6.45) is -2.61. The normalized spacial score (nSPS) is 13.6. The van der Waals surface area contributed by atoms with Crippen molar-refractivity contribution in [1.82, 2.24) is 25.0 Å². The van der Waals surface area contributed by atoms with Crippen molar-refractivity contribution >= 4 is 53.2 Å². The lowest BCUT2D eigenvalue weighted by molar-refractivity contribution is -0.192. The molecule has 1 aliphatic rings. The number of nitrogens with one attached hydrogen (secondary N) is 2. The van der Waals surface area contributed by atoms with Crippen molar-refractivity contribution in [2.75, 3.05) is 64.1 Å². The highest BCUT2D eigenvalue weighted by Gasteiger charge is 2.39. The van der Waals surface area contributed by atoms with Crippen LogP contribution in [0.3, 0.4) is 0 Å². The number of thioether (sulfide) groups is 1. The van der Waals surface area contributed by atoms with E-state index < -0.39 is 53.2 Å². The maximum Gasteiger partial charge on any atom is 0.490 e. The molecule has 5 amide bonds. The van der Waals surface area contributed by atoms with Crippen molar-refractivity contribution in [2.24, 2.45) is 11.1 Å². The standard InChI is InChI=1S/C44H58F2N6O9S.C2HF3O2/c1-44(2,3)42(36-24-31(33-25-32(45)10-11-34(33)46)27-50(36)26-30-8-5-4-6-9-30)52(18-7-16-47)41(57)29-62-28-35(43(58)59)49-38(54)15-20-60-22-23-61-21-17-48-37(53)14-19-51-39(55)12-13-40(51)56;3-2(4,5)1(6)7/h4-6,8-11,24-25,27,35,42H,7,12-23,26,28-29,47H2,1-3H3,(H,48,53)(H,49,54)(H,58,59);(H,6,7). The van der Waals surface area contributed by atoms with Crippen molar-refractivity contribution in [1.29, 1.82) is 0 Å². The molecule has 0 spiro atoms. The number of rotatable bonds is 26. The van der Waals surface area contributed by atoms with Crippen LogP contribution >= 0.6 is 11.8 Å². The van der Waals surface area contributed by atoms with Gasteiger partial charge in [0.25, 0.3) is 0 Å². The molecule has 4 rings (SSSR count). The molecule has 1 fully saturated rings. The monoisotopic (exact) mass is 998 g/mol. The minimum absolute atomic E-state index is 0.00169. The van der Waals surface area contributed by atoms with Crippen LogP contribution in [0.1, 0.15) is 70.2 Å². The van der Waals surface area contributed by atoms with E-state index in [2.05, 4.69) is 10.6 Å². The second kappa shape index (κ2) is 27.9. The number of nitrogens with zero attached hydrogens (tertiary/aromatic N) is 3. The molecular formula is C46H59F5N6O11S. The summed E-state index contributed by atoms with van der Waals surface area (Å²) in [6, 6.07) is 12.9. The van der Waals surface area contributed by atoms with Crippen LogP contribution in [0.15, 0.2) is 60.8 Å². The van der Waals surface area contributed by atoms with E-state index in [1.54, 1.807) is 17.2 Å². The van der Waals surface area contributed by atoms with E-state index in [4.69, 9.17) is 25.1 Å². The molecule has 0 bridgehead atoms. The van der Waals surface area contributed by atoms with Gasteiger partial charge in [-0.2, -0.15) is 13.2 Å². The van der Waals surface area contributed by atoms with Gasteiger partial charge in [-0.25, -0.2) is 18.4 Å². The number of amides is 5. The highest BCUT2D eigenvalue weighted by atomic mass is 32.2. The van der Waals surface area contributed by atoms with Gasteiger partial charge in [-0.3, -0.25) is 28.9 Å². The zero-order valence-corrected chi connectivity index (χ0v) is 39.3. The van der Waals surface area contributed by atoms with Crippen molar-refractivity contribution in [2.45, 2.75) is 77.7 Å².